The summed E-state index contributed by atoms with van der Waals surface area (Å²) >= 11 is 4.63. The molecule has 2 aromatic carbocycles. The van der Waals surface area contributed by atoms with Crippen LogP contribution in [0.15, 0.2) is 88.7 Å². The van der Waals surface area contributed by atoms with Gasteiger partial charge in [0.25, 0.3) is 0 Å². The number of halogens is 1. The van der Waals surface area contributed by atoms with Gasteiger partial charge in [0.1, 0.15) is 5.75 Å². The molecule has 4 rings (SSSR count). The van der Waals surface area contributed by atoms with Crippen LogP contribution in [0, 0.1) is 0 Å². The van der Waals surface area contributed by atoms with E-state index >= 15 is 0 Å². The Kier molecular flexibility index (Phi) is 7.25. The van der Waals surface area contributed by atoms with E-state index in [2.05, 4.69) is 31.9 Å². The lowest BCUT2D eigenvalue weighted by Crippen LogP contribution is -3.00. The van der Waals surface area contributed by atoms with Crippen LogP contribution >= 0.6 is 12.2 Å². The number of thiocarbonyl (C=S) groups is 1. The summed E-state index contributed by atoms with van der Waals surface area (Å²) in [6, 6.07) is 19.6. The summed E-state index contributed by atoms with van der Waals surface area (Å²) in [7, 11) is 1.65. The molecule has 0 fully saturated rings. The van der Waals surface area contributed by atoms with E-state index in [1.807, 2.05) is 73.1 Å². The van der Waals surface area contributed by atoms with Crippen molar-refractivity contribution in [2.75, 3.05) is 7.11 Å². The van der Waals surface area contributed by atoms with Gasteiger partial charge in [-0.25, -0.2) is 9.55 Å². The molecule has 0 amide bonds. The van der Waals surface area contributed by atoms with Crippen LogP contribution in [-0.4, -0.2) is 17.3 Å². The number of nitrogens with zero attached hydrogens (tertiary/aromatic N) is 3. The van der Waals surface area contributed by atoms with Gasteiger partial charge in [0.2, 0.25) is 5.89 Å². The average molecular weight is 480 g/mol. The third kappa shape index (κ3) is 5.07. The van der Waals surface area contributed by atoms with Crippen LogP contribution in [0.25, 0.3) is 22.8 Å². The van der Waals surface area contributed by atoms with E-state index in [0.29, 0.717) is 5.89 Å². The lowest BCUT2D eigenvalue weighted by Gasteiger charge is -2.01. The minimum atomic E-state index is 0. The second-order valence-corrected chi connectivity index (χ2v) is 6.57. The van der Waals surface area contributed by atoms with Crippen molar-refractivity contribution in [3.63, 3.8) is 0 Å². The van der Waals surface area contributed by atoms with Gasteiger partial charge in [0.15, 0.2) is 24.7 Å². The first kappa shape index (κ1) is 21.6. The van der Waals surface area contributed by atoms with Crippen molar-refractivity contribution in [3.8, 4) is 28.5 Å². The highest BCUT2D eigenvalue weighted by atomic mass is 79.9. The van der Waals surface area contributed by atoms with E-state index in [1.54, 1.807) is 13.3 Å². The SMILES string of the molecule is COc1ccc(-c2cnc(-c3cc[n+](Cc4ccc(N=C=S)cc4)cc3)o2)cc1.[Br-]. The van der Waals surface area contributed by atoms with Gasteiger partial charge in [-0.2, -0.15) is 4.99 Å². The van der Waals surface area contributed by atoms with Crippen molar-refractivity contribution in [1.29, 1.82) is 0 Å². The molecule has 0 saturated heterocycles. The molecule has 0 saturated carbocycles. The molecular formula is C23H18BrN3O2S. The van der Waals surface area contributed by atoms with E-state index in [-0.39, 0.29) is 17.0 Å². The Balaban J connectivity index is 0.00000256. The number of aliphatic imine (C=N–C) groups is 1. The zero-order valence-corrected chi connectivity index (χ0v) is 18.6. The van der Waals surface area contributed by atoms with Crippen molar-refractivity contribution in [3.05, 3.63) is 84.8 Å². The fourth-order valence-electron chi connectivity index (χ4n) is 2.94. The molecule has 5 nitrogen and oxygen atoms in total. The predicted molar refractivity (Wildman–Crippen MR) is 114 cm³/mol. The third-order valence-corrected chi connectivity index (χ3v) is 4.59. The number of benzene rings is 2. The molecular weight excluding hydrogens is 462 g/mol. The zero-order valence-electron chi connectivity index (χ0n) is 16.2. The molecule has 0 unspecified atom stereocenters. The Bertz CT molecular complexity index is 1150. The highest BCUT2D eigenvalue weighted by molar-refractivity contribution is 7.78. The van der Waals surface area contributed by atoms with Crippen LogP contribution in [0.1, 0.15) is 5.56 Å². The zero-order chi connectivity index (χ0) is 20.1. The number of aromatic nitrogens is 2. The first-order valence-electron chi connectivity index (χ1n) is 9.02. The minimum absolute atomic E-state index is 0. The summed E-state index contributed by atoms with van der Waals surface area (Å²) in [4.78, 5) is 8.38. The average Bonchev–Trinajstić information content (AvgIpc) is 3.26. The summed E-state index contributed by atoms with van der Waals surface area (Å²) in [5.74, 6) is 2.12. The Morgan fingerprint density at radius 1 is 1.00 bits per heavy atom. The van der Waals surface area contributed by atoms with Crippen molar-refractivity contribution >= 4 is 23.1 Å². The van der Waals surface area contributed by atoms with Gasteiger partial charge in [-0.1, -0.05) is 12.1 Å². The first-order valence-corrected chi connectivity index (χ1v) is 9.42. The molecule has 0 bridgehead atoms. The van der Waals surface area contributed by atoms with Gasteiger partial charge in [-0.05, 0) is 48.6 Å². The van der Waals surface area contributed by atoms with Gasteiger partial charge in [0.05, 0.1) is 24.2 Å². The highest BCUT2D eigenvalue weighted by Gasteiger charge is 2.11. The number of oxazole rings is 1. The number of pyridine rings is 1. The Morgan fingerprint density at radius 3 is 2.33 bits per heavy atom. The van der Waals surface area contributed by atoms with E-state index < -0.39 is 0 Å². The van der Waals surface area contributed by atoms with Crippen LogP contribution in [0.4, 0.5) is 5.69 Å². The molecule has 0 N–H and O–H groups in total. The number of isothiocyanates is 1. The van der Waals surface area contributed by atoms with Gasteiger partial charge in [-0.15, -0.1) is 0 Å². The molecule has 0 aliphatic heterocycles. The fourth-order valence-corrected chi connectivity index (χ4v) is 3.05. The smallest absolute Gasteiger partial charge is 0.227 e. The monoisotopic (exact) mass is 479 g/mol. The summed E-state index contributed by atoms with van der Waals surface area (Å²) < 4.78 is 13.2. The molecule has 0 atom stereocenters. The molecule has 4 aromatic rings. The third-order valence-electron chi connectivity index (χ3n) is 4.49. The maximum absolute atomic E-state index is 5.94. The molecule has 0 aliphatic rings. The summed E-state index contributed by atoms with van der Waals surface area (Å²) in [5, 5.41) is 2.37. The topological polar surface area (TPSA) is 51.5 Å². The van der Waals surface area contributed by atoms with Gasteiger partial charge in [0, 0.05) is 28.8 Å². The summed E-state index contributed by atoms with van der Waals surface area (Å²) in [6.45, 7) is 0.755. The molecule has 0 aliphatic carbocycles. The standard InChI is InChI=1S/C23H18N3O2S.BrH/c1-27-21-8-4-18(5-9-21)22-14-24-23(28-22)19-10-12-26(13-11-19)15-17-2-6-20(7-3-17)25-16-29;/h2-14H,15H2,1H3;1H/q+1;/p-1. The molecule has 2 heterocycles. The molecule has 150 valence electrons. The van der Waals surface area contributed by atoms with E-state index in [0.717, 1.165) is 34.9 Å². The van der Waals surface area contributed by atoms with E-state index in [1.165, 1.54) is 5.56 Å². The lowest BCUT2D eigenvalue weighted by molar-refractivity contribution is -0.688. The summed E-state index contributed by atoms with van der Waals surface area (Å²) in [5.41, 5.74) is 3.85. The van der Waals surface area contributed by atoms with E-state index in [9.17, 15) is 0 Å². The van der Waals surface area contributed by atoms with Gasteiger partial charge >= 0.3 is 0 Å². The molecule has 7 heteroatoms. The van der Waals surface area contributed by atoms with Crippen LogP contribution in [-0.2, 0) is 6.54 Å². The second kappa shape index (κ2) is 10.1. The summed E-state index contributed by atoms with van der Waals surface area (Å²) in [6.07, 6.45) is 5.76. The maximum Gasteiger partial charge on any atom is 0.227 e. The van der Waals surface area contributed by atoms with Gasteiger partial charge in [-0.3, -0.25) is 0 Å². The molecule has 2 aromatic heterocycles. The van der Waals surface area contributed by atoms with Crippen molar-refractivity contribution in [1.82, 2.24) is 4.98 Å². The second-order valence-electron chi connectivity index (χ2n) is 6.39. The maximum atomic E-state index is 5.94. The number of hydrogen-bond donors (Lipinski definition) is 0. The normalized spacial score (nSPS) is 10.0. The van der Waals surface area contributed by atoms with E-state index in [4.69, 9.17) is 9.15 Å². The lowest BCUT2D eigenvalue weighted by atomic mass is 10.2. The molecule has 0 radical (unpaired) electrons. The predicted octanol–water partition coefficient (Wildman–Crippen LogP) is 2.09. The fraction of sp³-hybridized carbons (Fsp3) is 0.0870. The van der Waals surface area contributed by atoms with Gasteiger partial charge < -0.3 is 26.1 Å². The largest absolute Gasteiger partial charge is 1.00 e. The van der Waals surface area contributed by atoms with Crippen LogP contribution in [0.2, 0.25) is 0 Å². The number of hydrogen-bond acceptors (Lipinski definition) is 5. The Labute approximate surface area is 190 Å². The quantitative estimate of drug-likeness (QED) is 0.241. The van der Waals surface area contributed by atoms with Crippen molar-refractivity contribution in [2.24, 2.45) is 4.99 Å². The number of methoxy groups -OCH3 is 1. The first-order chi connectivity index (χ1) is 14.2. The number of ether oxygens (including phenoxy) is 1. The minimum Gasteiger partial charge on any atom is -1.00 e. The van der Waals surface area contributed by atoms with Crippen molar-refractivity contribution < 1.29 is 30.7 Å². The van der Waals surface area contributed by atoms with Crippen LogP contribution < -0.4 is 26.3 Å². The Hall–Kier alpha value is -3.12. The van der Waals surface area contributed by atoms with Crippen molar-refractivity contribution in [2.45, 2.75) is 6.54 Å². The molecule has 30 heavy (non-hydrogen) atoms. The Morgan fingerprint density at radius 2 is 1.70 bits per heavy atom. The highest BCUT2D eigenvalue weighted by Crippen LogP contribution is 2.26. The molecule has 0 spiro atoms. The van der Waals surface area contributed by atoms with Crippen LogP contribution in [0.3, 0.4) is 0 Å². The van der Waals surface area contributed by atoms with Crippen LogP contribution in [0.5, 0.6) is 5.75 Å². The number of rotatable bonds is 6.